The molecule has 20 heavy (non-hydrogen) atoms. The molecule has 1 aromatic rings. The minimum atomic E-state index is -0.258. The molecular formula is C15H20ClN3O. The molecule has 1 N–H and O–H groups in total. The SMILES string of the molecule is C=CCn1ncc(NCC(C2CC2)C2CC2)c(Cl)c1=O. The van der Waals surface area contributed by atoms with E-state index in [1.807, 2.05) is 0 Å². The van der Waals surface area contributed by atoms with Crippen LogP contribution in [0.5, 0.6) is 0 Å². The van der Waals surface area contributed by atoms with E-state index in [2.05, 4.69) is 17.0 Å². The fourth-order valence-corrected chi connectivity index (χ4v) is 3.05. The monoisotopic (exact) mass is 293 g/mol. The zero-order valence-corrected chi connectivity index (χ0v) is 12.3. The van der Waals surface area contributed by atoms with Crippen molar-refractivity contribution in [1.29, 1.82) is 0 Å². The van der Waals surface area contributed by atoms with Gasteiger partial charge in [0.05, 0.1) is 18.4 Å². The van der Waals surface area contributed by atoms with Crippen molar-refractivity contribution in [2.75, 3.05) is 11.9 Å². The average Bonchev–Trinajstić information content (AvgIpc) is 3.30. The molecule has 0 unspecified atom stereocenters. The molecule has 0 saturated heterocycles. The zero-order valence-electron chi connectivity index (χ0n) is 11.5. The van der Waals surface area contributed by atoms with Gasteiger partial charge < -0.3 is 5.32 Å². The van der Waals surface area contributed by atoms with Gasteiger partial charge in [0.2, 0.25) is 0 Å². The normalized spacial score (nSPS) is 18.3. The Bertz CT molecular complexity index is 549. The molecule has 0 spiro atoms. The maximum Gasteiger partial charge on any atom is 0.287 e. The molecule has 0 radical (unpaired) electrons. The van der Waals surface area contributed by atoms with Crippen LogP contribution in [0, 0.1) is 17.8 Å². The van der Waals surface area contributed by atoms with Gasteiger partial charge in [-0.3, -0.25) is 4.79 Å². The van der Waals surface area contributed by atoms with Crippen molar-refractivity contribution in [2.45, 2.75) is 32.2 Å². The molecule has 0 aliphatic heterocycles. The van der Waals surface area contributed by atoms with Gasteiger partial charge in [-0.2, -0.15) is 5.10 Å². The smallest absolute Gasteiger partial charge is 0.287 e. The first-order valence-electron chi connectivity index (χ1n) is 7.31. The number of nitrogens with zero attached hydrogens (tertiary/aromatic N) is 2. The molecule has 5 heteroatoms. The van der Waals surface area contributed by atoms with Crippen LogP contribution >= 0.6 is 11.6 Å². The number of anilines is 1. The fourth-order valence-electron chi connectivity index (χ4n) is 2.84. The molecule has 108 valence electrons. The van der Waals surface area contributed by atoms with E-state index < -0.39 is 0 Å². The first-order valence-corrected chi connectivity index (χ1v) is 7.69. The Morgan fingerprint density at radius 3 is 2.65 bits per heavy atom. The van der Waals surface area contributed by atoms with Gasteiger partial charge in [-0.1, -0.05) is 17.7 Å². The zero-order chi connectivity index (χ0) is 14.1. The lowest BCUT2D eigenvalue weighted by molar-refractivity contribution is 0.428. The maximum atomic E-state index is 12.0. The Morgan fingerprint density at radius 2 is 2.10 bits per heavy atom. The summed E-state index contributed by atoms with van der Waals surface area (Å²) in [4.78, 5) is 12.0. The number of halogens is 1. The molecule has 2 aliphatic rings. The van der Waals surface area contributed by atoms with Crippen molar-refractivity contribution in [1.82, 2.24) is 9.78 Å². The molecule has 0 amide bonds. The maximum absolute atomic E-state index is 12.0. The third-order valence-electron chi connectivity index (χ3n) is 4.27. The average molecular weight is 294 g/mol. The summed E-state index contributed by atoms with van der Waals surface area (Å²) in [5.41, 5.74) is 0.397. The summed E-state index contributed by atoms with van der Waals surface area (Å²) in [7, 11) is 0. The highest BCUT2D eigenvalue weighted by Gasteiger charge is 2.41. The van der Waals surface area contributed by atoms with Crippen LogP contribution in [-0.4, -0.2) is 16.3 Å². The van der Waals surface area contributed by atoms with E-state index in [9.17, 15) is 4.79 Å². The van der Waals surface area contributed by atoms with E-state index in [0.717, 1.165) is 24.3 Å². The van der Waals surface area contributed by atoms with Gasteiger partial charge in [-0.25, -0.2) is 4.68 Å². The third-order valence-corrected chi connectivity index (χ3v) is 4.64. The molecule has 2 aliphatic carbocycles. The highest BCUT2D eigenvalue weighted by Crippen LogP contribution is 2.49. The van der Waals surface area contributed by atoms with E-state index >= 15 is 0 Å². The number of nitrogens with one attached hydrogen (secondary N) is 1. The number of allylic oxidation sites excluding steroid dienone is 1. The molecule has 1 aromatic heterocycles. The highest BCUT2D eigenvalue weighted by atomic mass is 35.5. The van der Waals surface area contributed by atoms with Crippen molar-refractivity contribution in [3.8, 4) is 0 Å². The quantitative estimate of drug-likeness (QED) is 0.786. The van der Waals surface area contributed by atoms with E-state index in [4.69, 9.17) is 11.6 Å². The molecule has 4 nitrogen and oxygen atoms in total. The minimum absolute atomic E-state index is 0.229. The topological polar surface area (TPSA) is 46.9 Å². The summed E-state index contributed by atoms with van der Waals surface area (Å²) in [6, 6.07) is 0. The first-order chi connectivity index (χ1) is 9.70. The van der Waals surface area contributed by atoms with Crippen LogP contribution in [-0.2, 0) is 6.54 Å². The van der Waals surface area contributed by atoms with Crippen LogP contribution in [0.15, 0.2) is 23.6 Å². The van der Waals surface area contributed by atoms with E-state index in [1.54, 1.807) is 12.3 Å². The predicted molar refractivity (Wildman–Crippen MR) is 81.1 cm³/mol. The van der Waals surface area contributed by atoms with Crippen LogP contribution in [0.2, 0.25) is 5.02 Å². The van der Waals surface area contributed by atoms with Crippen LogP contribution in [0.4, 0.5) is 5.69 Å². The van der Waals surface area contributed by atoms with Gasteiger partial charge in [0, 0.05) is 6.54 Å². The molecule has 3 rings (SSSR count). The van der Waals surface area contributed by atoms with E-state index in [0.29, 0.717) is 12.2 Å². The molecular weight excluding hydrogens is 274 g/mol. The van der Waals surface area contributed by atoms with Crippen LogP contribution in [0.1, 0.15) is 25.7 Å². The second-order valence-corrected chi connectivity index (χ2v) is 6.25. The summed E-state index contributed by atoms with van der Waals surface area (Å²) in [5.74, 6) is 2.49. The largest absolute Gasteiger partial charge is 0.382 e. The van der Waals surface area contributed by atoms with Crippen LogP contribution in [0.25, 0.3) is 0 Å². The number of hydrogen-bond acceptors (Lipinski definition) is 3. The Labute approximate surface area is 123 Å². The van der Waals surface area contributed by atoms with Crippen LogP contribution < -0.4 is 10.9 Å². The summed E-state index contributed by atoms with van der Waals surface area (Å²) in [6.07, 6.45) is 8.70. The fraction of sp³-hybridized carbons (Fsp3) is 0.600. The minimum Gasteiger partial charge on any atom is -0.382 e. The summed E-state index contributed by atoms with van der Waals surface area (Å²) >= 11 is 6.14. The van der Waals surface area contributed by atoms with Gasteiger partial charge in [0.1, 0.15) is 5.02 Å². The van der Waals surface area contributed by atoms with Crippen molar-refractivity contribution < 1.29 is 0 Å². The van der Waals surface area contributed by atoms with Gasteiger partial charge in [0.15, 0.2) is 0 Å². The van der Waals surface area contributed by atoms with Crippen molar-refractivity contribution >= 4 is 17.3 Å². The lowest BCUT2D eigenvalue weighted by Crippen LogP contribution is -2.25. The molecule has 2 saturated carbocycles. The summed E-state index contributed by atoms with van der Waals surface area (Å²) in [6.45, 7) is 4.89. The number of aromatic nitrogens is 2. The standard InChI is InChI=1S/C15H20ClN3O/c1-2-7-19-15(20)14(16)13(9-18-19)17-8-12(10-3-4-10)11-5-6-11/h2,9-12,17H,1,3-8H2. The van der Waals surface area contributed by atoms with Crippen molar-refractivity contribution in [3.05, 3.63) is 34.2 Å². The summed E-state index contributed by atoms with van der Waals surface area (Å²) < 4.78 is 1.32. The molecule has 1 heterocycles. The lowest BCUT2D eigenvalue weighted by atomic mass is 9.98. The lowest BCUT2D eigenvalue weighted by Gasteiger charge is -2.17. The van der Waals surface area contributed by atoms with Gasteiger partial charge in [-0.05, 0) is 43.4 Å². The first kappa shape index (κ1) is 13.7. The molecule has 2 fully saturated rings. The second kappa shape index (κ2) is 5.60. The second-order valence-electron chi connectivity index (χ2n) is 5.87. The van der Waals surface area contributed by atoms with Crippen molar-refractivity contribution in [2.24, 2.45) is 17.8 Å². The van der Waals surface area contributed by atoms with Gasteiger partial charge in [0.25, 0.3) is 5.56 Å². The Morgan fingerprint density at radius 1 is 1.45 bits per heavy atom. The molecule has 0 bridgehead atoms. The Balaban J connectivity index is 1.69. The number of hydrogen-bond donors (Lipinski definition) is 1. The summed E-state index contributed by atoms with van der Waals surface area (Å²) in [5, 5.41) is 7.67. The van der Waals surface area contributed by atoms with E-state index in [-0.39, 0.29) is 10.6 Å². The van der Waals surface area contributed by atoms with E-state index in [1.165, 1.54) is 30.4 Å². The highest BCUT2D eigenvalue weighted by molar-refractivity contribution is 6.32. The predicted octanol–water partition coefficient (Wildman–Crippen LogP) is 2.93. The molecule has 0 atom stereocenters. The van der Waals surface area contributed by atoms with Crippen molar-refractivity contribution in [3.63, 3.8) is 0 Å². The van der Waals surface area contributed by atoms with Gasteiger partial charge >= 0.3 is 0 Å². The molecule has 0 aromatic carbocycles. The van der Waals surface area contributed by atoms with Gasteiger partial charge in [-0.15, -0.1) is 6.58 Å². The van der Waals surface area contributed by atoms with Crippen LogP contribution in [0.3, 0.4) is 0 Å². The third kappa shape index (κ3) is 2.90. The Kier molecular flexibility index (Phi) is 3.83. The number of rotatable bonds is 7. The Hall–Kier alpha value is -1.29.